The number of rotatable bonds is 6. The van der Waals surface area contributed by atoms with E-state index in [-0.39, 0.29) is 33.7 Å². The van der Waals surface area contributed by atoms with E-state index in [1.54, 1.807) is 24.3 Å². The van der Waals surface area contributed by atoms with Gasteiger partial charge in [-0.15, -0.1) is 11.3 Å². The number of carbonyl (C=O) groups excluding carboxylic acids is 4. The molecule has 7 nitrogen and oxygen atoms in total. The Morgan fingerprint density at radius 1 is 0.833 bits per heavy atom. The summed E-state index contributed by atoms with van der Waals surface area (Å²) in [6, 6.07) is 22.1. The number of benzene rings is 3. The van der Waals surface area contributed by atoms with E-state index in [1.807, 2.05) is 47.8 Å². The average Bonchev–Trinajstić information content (AvgIpc) is 3.44. The van der Waals surface area contributed by atoms with E-state index < -0.39 is 30.3 Å². The Hall–Kier alpha value is -4.56. The summed E-state index contributed by atoms with van der Waals surface area (Å²) >= 11 is 1.50. The van der Waals surface area contributed by atoms with Gasteiger partial charge in [0.2, 0.25) is 0 Å². The quantitative estimate of drug-likeness (QED) is 0.269. The molecule has 3 N–H and O–H groups in total. The van der Waals surface area contributed by atoms with Gasteiger partial charge in [-0.3, -0.25) is 14.4 Å². The topological polar surface area (TPSA) is 116 Å². The molecule has 0 saturated heterocycles. The van der Waals surface area contributed by atoms with E-state index in [4.69, 9.17) is 10.5 Å². The van der Waals surface area contributed by atoms with Gasteiger partial charge in [0, 0.05) is 21.6 Å². The Labute approximate surface area is 210 Å². The summed E-state index contributed by atoms with van der Waals surface area (Å²) in [5.41, 5.74) is 7.45. The highest BCUT2D eigenvalue weighted by molar-refractivity contribution is 7.10. The van der Waals surface area contributed by atoms with Crippen molar-refractivity contribution in [2.24, 2.45) is 0 Å². The van der Waals surface area contributed by atoms with Gasteiger partial charge in [-0.1, -0.05) is 60.7 Å². The van der Waals surface area contributed by atoms with E-state index in [1.165, 1.54) is 23.5 Å². The van der Waals surface area contributed by atoms with E-state index in [9.17, 15) is 19.2 Å². The Kier molecular flexibility index (Phi) is 6.18. The highest BCUT2D eigenvalue weighted by Gasteiger charge is 2.33. The molecule has 1 aromatic heterocycles. The lowest BCUT2D eigenvalue weighted by Crippen LogP contribution is -2.33. The number of nitrogens with two attached hydrogens (primary N) is 1. The van der Waals surface area contributed by atoms with Crippen LogP contribution in [0.25, 0.3) is 0 Å². The third kappa shape index (κ3) is 4.18. The van der Waals surface area contributed by atoms with Gasteiger partial charge in [-0.2, -0.15) is 0 Å². The molecular formula is C28H20N2O5S. The third-order valence-corrected chi connectivity index (χ3v) is 6.89. The van der Waals surface area contributed by atoms with Gasteiger partial charge in [0.25, 0.3) is 5.91 Å². The van der Waals surface area contributed by atoms with Crippen molar-refractivity contribution in [3.63, 3.8) is 0 Å². The smallest absolute Gasteiger partial charge is 0.340 e. The fourth-order valence-corrected chi connectivity index (χ4v) is 5.02. The molecule has 1 unspecified atom stereocenters. The zero-order chi connectivity index (χ0) is 25.2. The third-order valence-electron chi connectivity index (χ3n) is 5.95. The zero-order valence-corrected chi connectivity index (χ0v) is 19.7. The van der Waals surface area contributed by atoms with Crippen LogP contribution in [0.4, 0.5) is 5.69 Å². The molecule has 0 saturated carbocycles. The van der Waals surface area contributed by atoms with Crippen LogP contribution in [0.15, 0.2) is 84.2 Å². The summed E-state index contributed by atoms with van der Waals surface area (Å²) in [7, 11) is 0. The second-order valence-corrected chi connectivity index (χ2v) is 9.14. The van der Waals surface area contributed by atoms with Crippen LogP contribution in [-0.4, -0.2) is 30.0 Å². The van der Waals surface area contributed by atoms with Crippen molar-refractivity contribution in [3.05, 3.63) is 123 Å². The van der Waals surface area contributed by atoms with Crippen molar-refractivity contribution in [3.8, 4) is 0 Å². The Morgan fingerprint density at radius 3 is 2.22 bits per heavy atom. The van der Waals surface area contributed by atoms with E-state index >= 15 is 0 Å². The SMILES string of the molecule is Nc1c(C(=O)OCC(=O)NC(c2ccccc2)c2cccs2)ccc2c1C(=O)c1ccccc1C2=O. The molecule has 3 aromatic carbocycles. The largest absolute Gasteiger partial charge is 0.452 e. The molecule has 0 bridgehead atoms. The highest BCUT2D eigenvalue weighted by Crippen LogP contribution is 2.33. The lowest BCUT2D eigenvalue weighted by atomic mass is 9.82. The van der Waals surface area contributed by atoms with Gasteiger partial charge in [0.15, 0.2) is 18.2 Å². The van der Waals surface area contributed by atoms with Crippen molar-refractivity contribution >= 4 is 40.5 Å². The van der Waals surface area contributed by atoms with Gasteiger partial charge in [-0.25, -0.2) is 4.79 Å². The van der Waals surface area contributed by atoms with Crippen LogP contribution < -0.4 is 11.1 Å². The number of carbonyl (C=O) groups is 4. The second-order valence-electron chi connectivity index (χ2n) is 8.16. The first-order valence-corrected chi connectivity index (χ1v) is 12.0. The van der Waals surface area contributed by atoms with Crippen LogP contribution >= 0.6 is 11.3 Å². The number of ether oxygens (including phenoxy) is 1. The standard InChI is InChI=1S/C28H20N2O5S/c29-24-20(13-12-19-23(24)27(33)18-10-5-4-9-17(18)26(19)32)28(34)35-15-22(31)30-25(21-11-6-14-36-21)16-7-2-1-3-8-16/h1-14,25H,15,29H2,(H,30,31). The van der Waals surface area contributed by atoms with Crippen LogP contribution in [0.1, 0.15) is 58.7 Å². The van der Waals surface area contributed by atoms with Crippen molar-refractivity contribution in [1.82, 2.24) is 5.32 Å². The molecule has 1 amide bonds. The minimum atomic E-state index is -0.864. The number of nitrogen functional groups attached to an aromatic ring is 1. The van der Waals surface area contributed by atoms with Crippen LogP contribution in [0.2, 0.25) is 0 Å². The minimum Gasteiger partial charge on any atom is -0.452 e. The van der Waals surface area contributed by atoms with E-state index in [0.29, 0.717) is 5.56 Å². The van der Waals surface area contributed by atoms with E-state index in [2.05, 4.69) is 5.32 Å². The lowest BCUT2D eigenvalue weighted by molar-refractivity contribution is -0.124. The lowest BCUT2D eigenvalue weighted by Gasteiger charge is -2.20. The number of ketones is 2. The number of hydrogen-bond acceptors (Lipinski definition) is 7. The molecule has 0 radical (unpaired) electrons. The Balaban J connectivity index is 1.32. The number of hydrogen-bond donors (Lipinski definition) is 2. The van der Waals surface area contributed by atoms with Crippen molar-refractivity contribution in [2.45, 2.75) is 6.04 Å². The van der Waals surface area contributed by atoms with Gasteiger partial charge < -0.3 is 15.8 Å². The summed E-state index contributed by atoms with van der Waals surface area (Å²) in [6.45, 7) is -0.542. The molecule has 36 heavy (non-hydrogen) atoms. The minimum absolute atomic E-state index is 0.0283. The molecule has 4 aromatic rings. The molecule has 8 heteroatoms. The number of amides is 1. The van der Waals surface area contributed by atoms with Crippen LogP contribution in [0.5, 0.6) is 0 Å². The predicted octanol–water partition coefficient (Wildman–Crippen LogP) is 4.17. The summed E-state index contributed by atoms with van der Waals surface area (Å²) < 4.78 is 5.22. The number of thiophene rings is 1. The molecule has 1 aliphatic carbocycles. The van der Waals surface area contributed by atoms with Gasteiger partial charge in [0.05, 0.1) is 22.9 Å². The molecule has 178 valence electrons. The van der Waals surface area contributed by atoms with Gasteiger partial charge >= 0.3 is 5.97 Å². The van der Waals surface area contributed by atoms with Crippen LogP contribution in [0, 0.1) is 0 Å². The summed E-state index contributed by atoms with van der Waals surface area (Å²) in [6.07, 6.45) is 0. The molecular weight excluding hydrogens is 476 g/mol. The Morgan fingerprint density at radius 2 is 1.53 bits per heavy atom. The van der Waals surface area contributed by atoms with Crippen LogP contribution in [-0.2, 0) is 9.53 Å². The number of fused-ring (bicyclic) bond motifs is 2. The first-order chi connectivity index (χ1) is 17.5. The molecule has 1 aliphatic rings. The number of nitrogens with one attached hydrogen (secondary N) is 1. The van der Waals surface area contributed by atoms with Gasteiger partial charge in [0.1, 0.15) is 0 Å². The maximum atomic E-state index is 13.0. The summed E-state index contributed by atoms with van der Waals surface area (Å²) in [4.78, 5) is 52.3. The van der Waals surface area contributed by atoms with Crippen molar-refractivity contribution in [2.75, 3.05) is 12.3 Å². The molecule has 1 atom stereocenters. The van der Waals surface area contributed by atoms with E-state index in [0.717, 1.165) is 10.4 Å². The molecule has 0 fully saturated rings. The molecule has 5 rings (SSSR count). The predicted molar refractivity (Wildman–Crippen MR) is 135 cm³/mol. The average molecular weight is 497 g/mol. The second kappa shape index (κ2) is 9.59. The highest BCUT2D eigenvalue weighted by atomic mass is 32.1. The Bertz CT molecular complexity index is 1500. The molecule has 1 heterocycles. The number of anilines is 1. The van der Waals surface area contributed by atoms with Gasteiger partial charge in [-0.05, 0) is 29.1 Å². The zero-order valence-electron chi connectivity index (χ0n) is 18.9. The first kappa shape index (κ1) is 23.2. The summed E-state index contributed by atoms with van der Waals surface area (Å²) in [5.74, 6) is -2.14. The first-order valence-electron chi connectivity index (χ1n) is 11.1. The monoisotopic (exact) mass is 496 g/mol. The normalized spacial score (nSPS) is 12.9. The molecule has 0 spiro atoms. The van der Waals surface area contributed by atoms with Crippen molar-refractivity contribution in [1.29, 1.82) is 0 Å². The summed E-state index contributed by atoms with van der Waals surface area (Å²) in [5, 5.41) is 4.81. The fraction of sp³-hybridized carbons (Fsp3) is 0.0714. The van der Waals surface area contributed by atoms with Crippen molar-refractivity contribution < 1.29 is 23.9 Å². The maximum absolute atomic E-state index is 13.0. The number of esters is 1. The maximum Gasteiger partial charge on any atom is 0.340 e. The molecule has 0 aliphatic heterocycles. The fourth-order valence-electron chi connectivity index (χ4n) is 4.22. The van der Waals surface area contributed by atoms with Crippen LogP contribution in [0.3, 0.4) is 0 Å².